The van der Waals surface area contributed by atoms with Gasteiger partial charge < -0.3 is 24.4 Å². The molecule has 3 aromatic carbocycles. The monoisotopic (exact) mass is 594 g/mol. The third-order valence-corrected chi connectivity index (χ3v) is 8.07. The van der Waals surface area contributed by atoms with Gasteiger partial charge in [0.15, 0.2) is 0 Å². The number of aliphatic hydroxyl groups excluding tert-OH is 1. The molecule has 0 spiro atoms. The molecule has 0 amide bonds. The molecule has 5 rings (SSSR count). The number of aromatic amines is 1. The minimum absolute atomic E-state index is 0.112. The van der Waals surface area contributed by atoms with Crippen LogP contribution in [0.15, 0.2) is 101 Å². The molecule has 1 aromatic heterocycles. The van der Waals surface area contributed by atoms with E-state index >= 15 is 0 Å². The van der Waals surface area contributed by atoms with Crippen LogP contribution in [0.3, 0.4) is 0 Å². The number of ether oxygens (including phenoxy) is 2. The highest BCUT2D eigenvalue weighted by atomic mass is 31.2. The number of phosphoric ester groups is 1. The van der Waals surface area contributed by atoms with E-state index in [0.29, 0.717) is 22.4 Å². The van der Waals surface area contributed by atoms with Gasteiger partial charge >= 0.3 is 13.5 Å². The van der Waals surface area contributed by atoms with Gasteiger partial charge in [0.2, 0.25) is 0 Å². The molecular weight excluding hydrogens is 563 g/mol. The molecule has 1 unspecified atom stereocenters. The van der Waals surface area contributed by atoms with Crippen molar-refractivity contribution in [3.8, 4) is 5.75 Å². The summed E-state index contributed by atoms with van der Waals surface area (Å²) in [7, 11) is -3.69. The van der Waals surface area contributed by atoms with Crippen LogP contribution in [0, 0.1) is 6.92 Å². The number of nitrogens with zero attached hydrogens (tertiary/aromatic N) is 1. The third kappa shape index (κ3) is 5.63. The van der Waals surface area contributed by atoms with Gasteiger partial charge in [-0.15, -0.1) is 0 Å². The number of hydrogen-bond acceptors (Lipinski definition) is 7. The molecule has 2 heterocycles. The Balaban J connectivity index is 1.77. The number of phosphoric acid groups is 1. The largest absolute Gasteiger partial charge is 0.497 e. The summed E-state index contributed by atoms with van der Waals surface area (Å²) in [6.07, 6.45) is -4.03. The van der Waals surface area contributed by atoms with Crippen LogP contribution in [-0.4, -0.2) is 49.9 Å². The summed E-state index contributed by atoms with van der Waals surface area (Å²) < 4.78 is 31.1. The van der Waals surface area contributed by atoms with E-state index in [-0.39, 0.29) is 12.0 Å². The van der Waals surface area contributed by atoms with Crippen LogP contribution in [0.25, 0.3) is 0 Å². The average molecular weight is 595 g/mol. The summed E-state index contributed by atoms with van der Waals surface area (Å²) in [6, 6.07) is 25.0. The molecule has 0 saturated carbocycles. The summed E-state index contributed by atoms with van der Waals surface area (Å²) in [6.45, 7) is 1.52. The number of hydrogen-bond donors (Lipinski definition) is 4. The van der Waals surface area contributed by atoms with Crippen molar-refractivity contribution in [1.29, 1.82) is 0 Å². The molecule has 4 aromatic rings. The topological polar surface area (TPSA) is 160 Å². The lowest BCUT2D eigenvalue weighted by Gasteiger charge is -2.44. The Morgan fingerprint density at radius 3 is 2.02 bits per heavy atom. The molecular formula is C30H31N2O9P. The molecule has 4 atom stereocenters. The van der Waals surface area contributed by atoms with Crippen molar-refractivity contribution in [2.45, 2.75) is 43.3 Å². The van der Waals surface area contributed by atoms with Crippen LogP contribution in [0.4, 0.5) is 0 Å². The van der Waals surface area contributed by atoms with Crippen LogP contribution in [0.5, 0.6) is 5.75 Å². The highest BCUT2D eigenvalue weighted by molar-refractivity contribution is 7.46. The van der Waals surface area contributed by atoms with Crippen molar-refractivity contribution < 1.29 is 33.5 Å². The zero-order chi connectivity index (χ0) is 30.1. The predicted octanol–water partition coefficient (Wildman–Crippen LogP) is 3.01. The number of aryl methyl sites for hydroxylation is 1. The second-order valence-corrected chi connectivity index (χ2v) is 11.3. The van der Waals surface area contributed by atoms with Gasteiger partial charge in [0.05, 0.1) is 18.6 Å². The zero-order valence-electron chi connectivity index (χ0n) is 22.9. The summed E-state index contributed by atoms with van der Waals surface area (Å²) >= 11 is 0. The maximum absolute atomic E-state index is 12.7. The van der Waals surface area contributed by atoms with Crippen molar-refractivity contribution in [2.75, 3.05) is 7.11 Å². The number of benzene rings is 3. The van der Waals surface area contributed by atoms with Crippen LogP contribution in [-0.2, 0) is 19.2 Å². The van der Waals surface area contributed by atoms with E-state index in [4.69, 9.17) is 14.0 Å². The minimum atomic E-state index is -5.22. The van der Waals surface area contributed by atoms with Crippen molar-refractivity contribution in [3.63, 3.8) is 0 Å². The Bertz CT molecular complexity index is 1640. The molecule has 0 bridgehead atoms. The Morgan fingerprint density at radius 2 is 1.50 bits per heavy atom. The highest BCUT2D eigenvalue weighted by Crippen LogP contribution is 2.53. The molecule has 4 N–H and O–H groups in total. The number of H-pyrrole nitrogens is 1. The van der Waals surface area contributed by atoms with E-state index in [0.717, 1.165) is 4.57 Å². The molecule has 0 radical (unpaired) electrons. The van der Waals surface area contributed by atoms with Crippen molar-refractivity contribution >= 4 is 7.82 Å². The average Bonchev–Trinajstić information content (AvgIpc) is 3.36. The van der Waals surface area contributed by atoms with Crippen LogP contribution in [0.1, 0.15) is 34.9 Å². The smallest absolute Gasteiger partial charge is 0.469 e. The van der Waals surface area contributed by atoms with Gasteiger partial charge in [0, 0.05) is 18.2 Å². The third-order valence-electron chi connectivity index (χ3n) is 7.57. The lowest BCUT2D eigenvalue weighted by atomic mass is 9.64. The maximum Gasteiger partial charge on any atom is 0.469 e. The predicted molar refractivity (Wildman–Crippen MR) is 153 cm³/mol. The van der Waals surface area contributed by atoms with Crippen molar-refractivity contribution in [3.05, 3.63) is 134 Å². The Morgan fingerprint density at radius 1 is 0.952 bits per heavy atom. The van der Waals surface area contributed by atoms with E-state index in [1.54, 1.807) is 48.5 Å². The first-order valence-corrected chi connectivity index (χ1v) is 14.7. The van der Waals surface area contributed by atoms with Gasteiger partial charge in [0.1, 0.15) is 24.2 Å². The highest BCUT2D eigenvalue weighted by Gasteiger charge is 2.55. The second-order valence-electron chi connectivity index (χ2n) is 10.1. The van der Waals surface area contributed by atoms with Crippen molar-refractivity contribution in [1.82, 2.24) is 9.55 Å². The van der Waals surface area contributed by atoms with E-state index in [1.807, 2.05) is 36.4 Å². The number of methoxy groups -OCH3 is 1. The van der Waals surface area contributed by atoms with E-state index in [9.17, 15) is 29.0 Å². The maximum atomic E-state index is 12.7. The first kappa shape index (κ1) is 29.7. The number of aliphatic hydroxyl groups is 1. The Labute approximate surface area is 241 Å². The molecule has 220 valence electrons. The fraction of sp³-hybridized carbons (Fsp3) is 0.267. The van der Waals surface area contributed by atoms with E-state index < -0.39 is 49.0 Å². The molecule has 11 nitrogen and oxygen atoms in total. The normalized spacial score (nSPS) is 19.9. The Hall–Kier alpha value is -3.83. The van der Waals surface area contributed by atoms with Gasteiger partial charge in [-0.1, -0.05) is 72.8 Å². The molecule has 1 aliphatic rings. The first-order chi connectivity index (χ1) is 20.0. The standard InChI is InChI=1S/C30H31N2O9P/c1-19-18-32(29(35)31-28(19)34)25-17-24(33)26(40-25)27(41-42(36,37)38)30(20-9-5-3-6-10-20,21-11-7-4-8-12-21)22-13-15-23(39-2)16-14-22/h3-16,18,24-27,33H,17H2,1-2H3,(H,31,34,35)(H2,36,37,38)/t24-,25+,26-,27?/m0/s1. The lowest BCUT2D eigenvalue weighted by Crippen LogP contribution is -2.52. The van der Waals surface area contributed by atoms with E-state index in [1.165, 1.54) is 20.2 Å². The molecule has 1 fully saturated rings. The summed E-state index contributed by atoms with van der Waals surface area (Å²) in [4.78, 5) is 47.4. The van der Waals surface area contributed by atoms with Crippen LogP contribution in [0.2, 0.25) is 0 Å². The number of aromatic nitrogens is 2. The zero-order valence-corrected chi connectivity index (χ0v) is 23.8. The van der Waals surface area contributed by atoms with Crippen LogP contribution < -0.4 is 16.0 Å². The summed E-state index contributed by atoms with van der Waals surface area (Å²) in [5.41, 5.74) is -0.699. The lowest BCUT2D eigenvalue weighted by molar-refractivity contribution is -0.0945. The second kappa shape index (κ2) is 11.8. The van der Waals surface area contributed by atoms with Gasteiger partial charge in [0.25, 0.3) is 5.56 Å². The molecule has 1 saturated heterocycles. The summed E-state index contributed by atoms with van der Waals surface area (Å²) in [5.74, 6) is 0.561. The van der Waals surface area contributed by atoms with Crippen LogP contribution >= 0.6 is 7.82 Å². The SMILES string of the molecule is COc1ccc(C(c2ccccc2)(c2ccccc2)C(OP(=O)(O)O)[C@H]2O[C@@H](n3cc(C)c(=O)[nH]c3=O)C[C@@H]2O)cc1. The molecule has 42 heavy (non-hydrogen) atoms. The molecule has 1 aliphatic heterocycles. The van der Waals surface area contributed by atoms with Gasteiger partial charge in [-0.05, 0) is 35.7 Å². The summed E-state index contributed by atoms with van der Waals surface area (Å²) in [5, 5.41) is 11.4. The molecule has 12 heteroatoms. The number of nitrogens with one attached hydrogen (secondary N) is 1. The van der Waals surface area contributed by atoms with E-state index in [2.05, 4.69) is 4.98 Å². The fourth-order valence-electron chi connectivity index (χ4n) is 5.70. The quantitative estimate of drug-likeness (QED) is 0.169. The Kier molecular flexibility index (Phi) is 8.34. The fourth-order valence-corrected chi connectivity index (χ4v) is 6.28. The van der Waals surface area contributed by atoms with Gasteiger partial charge in [-0.25, -0.2) is 9.36 Å². The van der Waals surface area contributed by atoms with Gasteiger partial charge in [-0.2, -0.15) is 0 Å². The van der Waals surface area contributed by atoms with Crippen molar-refractivity contribution in [2.24, 2.45) is 0 Å². The molecule has 0 aliphatic carbocycles. The van der Waals surface area contributed by atoms with Gasteiger partial charge in [-0.3, -0.25) is 18.9 Å². The number of rotatable bonds is 9. The first-order valence-electron chi connectivity index (χ1n) is 13.2. The minimum Gasteiger partial charge on any atom is -0.497 e.